The highest BCUT2D eigenvalue weighted by Gasteiger charge is 2.33. The van der Waals surface area contributed by atoms with Gasteiger partial charge in [0.05, 0.1) is 23.6 Å². The highest BCUT2D eigenvalue weighted by molar-refractivity contribution is 6.31. The summed E-state index contributed by atoms with van der Waals surface area (Å²) in [6.45, 7) is 1.53. The number of nitrogens with one attached hydrogen (secondary N) is 3. The van der Waals surface area contributed by atoms with Crippen molar-refractivity contribution in [2.45, 2.75) is 13.0 Å². The molecule has 1 atom stereocenters. The number of hydrogen-bond acceptors (Lipinski definition) is 6. The molecule has 0 fully saturated rings. The van der Waals surface area contributed by atoms with Gasteiger partial charge in [0.1, 0.15) is 0 Å². The first kappa shape index (κ1) is 20.9. The molecule has 1 aliphatic heterocycles. The van der Waals surface area contributed by atoms with Gasteiger partial charge >= 0.3 is 11.7 Å². The lowest BCUT2D eigenvalue weighted by molar-refractivity contribution is -0.386. The predicted molar refractivity (Wildman–Crippen MR) is 109 cm³/mol. The lowest BCUT2D eigenvalue weighted by Crippen LogP contribution is -2.46. The lowest BCUT2D eigenvalue weighted by atomic mass is 9.94. The fourth-order valence-corrected chi connectivity index (χ4v) is 3.28. The van der Waals surface area contributed by atoms with Gasteiger partial charge in [0.2, 0.25) is 5.75 Å². The standard InChI is InChI=1S/C19H17ClN4O6/c1-9-15(18(26)22-12-5-3-4-11(20)8-12)16(23-19(27)21-9)10-6-13(24(28)29)17(25)14(7-10)30-2/h3-8,16,25H,1-2H3,(H,22,26)(H2,21,23,27). The zero-order chi connectivity index (χ0) is 22.0. The van der Waals surface area contributed by atoms with Crippen LogP contribution in [-0.4, -0.2) is 29.1 Å². The number of anilines is 1. The van der Waals surface area contributed by atoms with E-state index in [9.17, 15) is 24.8 Å². The van der Waals surface area contributed by atoms with E-state index >= 15 is 0 Å². The number of carbonyl (C=O) groups is 2. The number of rotatable bonds is 5. The Morgan fingerprint density at radius 3 is 2.70 bits per heavy atom. The summed E-state index contributed by atoms with van der Waals surface area (Å²) in [6, 6.07) is 7.26. The minimum absolute atomic E-state index is 0.122. The van der Waals surface area contributed by atoms with Crippen molar-refractivity contribution in [1.82, 2.24) is 10.6 Å². The number of aromatic hydroxyl groups is 1. The van der Waals surface area contributed by atoms with Crippen LogP contribution in [0.2, 0.25) is 5.02 Å². The Hall–Kier alpha value is -3.79. The molecule has 3 rings (SSSR count). The zero-order valence-electron chi connectivity index (χ0n) is 15.9. The summed E-state index contributed by atoms with van der Waals surface area (Å²) in [5, 5.41) is 29.5. The molecule has 0 spiro atoms. The first-order chi connectivity index (χ1) is 14.2. The number of hydrogen-bond donors (Lipinski definition) is 4. The van der Waals surface area contributed by atoms with Crippen molar-refractivity contribution in [3.05, 3.63) is 68.4 Å². The monoisotopic (exact) mass is 432 g/mol. The van der Waals surface area contributed by atoms with Gasteiger partial charge in [-0.3, -0.25) is 14.9 Å². The van der Waals surface area contributed by atoms with Gasteiger partial charge in [-0.2, -0.15) is 0 Å². The van der Waals surface area contributed by atoms with E-state index < -0.39 is 34.3 Å². The molecule has 0 saturated carbocycles. The fourth-order valence-electron chi connectivity index (χ4n) is 3.08. The van der Waals surface area contributed by atoms with Crippen LogP contribution in [0.5, 0.6) is 11.5 Å². The Morgan fingerprint density at radius 2 is 2.07 bits per heavy atom. The number of phenolic OH excluding ortho intramolecular Hbond substituents is 1. The van der Waals surface area contributed by atoms with E-state index in [1.807, 2.05) is 0 Å². The predicted octanol–water partition coefficient (Wildman–Crippen LogP) is 3.23. The maximum absolute atomic E-state index is 13.0. The van der Waals surface area contributed by atoms with Crippen LogP contribution in [0.4, 0.5) is 16.2 Å². The van der Waals surface area contributed by atoms with Crippen LogP contribution < -0.4 is 20.7 Å². The summed E-state index contributed by atoms with van der Waals surface area (Å²) in [5.41, 5.74) is 0.374. The van der Waals surface area contributed by atoms with Crippen LogP contribution in [0.3, 0.4) is 0 Å². The number of allylic oxidation sites excluding steroid dienone is 1. The number of phenols is 1. The lowest BCUT2D eigenvalue weighted by Gasteiger charge is -2.29. The van der Waals surface area contributed by atoms with Crippen LogP contribution in [-0.2, 0) is 4.79 Å². The smallest absolute Gasteiger partial charge is 0.319 e. The molecule has 1 unspecified atom stereocenters. The van der Waals surface area contributed by atoms with E-state index in [0.717, 1.165) is 6.07 Å². The molecule has 11 heteroatoms. The zero-order valence-corrected chi connectivity index (χ0v) is 16.6. The molecular weight excluding hydrogens is 416 g/mol. The van der Waals surface area contributed by atoms with Gasteiger partial charge in [-0.1, -0.05) is 17.7 Å². The Labute approximate surface area is 175 Å². The topological polar surface area (TPSA) is 143 Å². The maximum Gasteiger partial charge on any atom is 0.319 e. The minimum Gasteiger partial charge on any atom is -0.500 e. The highest BCUT2D eigenvalue weighted by atomic mass is 35.5. The third kappa shape index (κ3) is 4.13. The molecular formula is C19H17ClN4O6. The van der Waals surface area contributed by atoms with Gasteiger partial charge in [-0.25, -0.2) is 4.79 Å². The molecule has 1 heterocycles. The second-order valence-corrected chi connectivity index (χ2v) is 6.82. The van der Waals surface area contributed by atoms with Crippen LogP contribution in [0.25, 0.3) is 0 Å². The maximum atomic E-state index is 13.0. The quantitative estimate of drug-likeness (QED) is 0.422. The Bertz CT molecular complexity index is 1080. The van der Waals surface area contributed by atoms with E-state index in [4.69, 9.17) is 16.3 Å². The van der Waals surface area contributed by atoms with Crippen LogP contribution in [0.1, 0.15) is 18.5 Å². The second kappa shape index (κ2) is 8.29. The molecule has 2 aromatic carbocycles. The number of amides is 3. The summed E-state index contributed by atoms with van der Waals surface area (Å²) in [6.07, 6.45) is 0. The number of carbonyl (C=O) groups excluding carboxylic acids is 2. The van der Waals surface area contributed by atoms with Gasteiger partial charge in [-0.15, -0.1) is 0 Å². The van der Waals surface area contributed by atoms with E-state index in [0.29, 0.717) is 10.7 Å². The van der Waals surface area contributed by atoms with E-state index in [2.05, 4.69) is 16.0 Å². The Kier molecular flexibility index (Phi) is 5.79. The second-order valence-electron chi connectivity index (χ2n) is 6.38. The molecule has 0 aliphatic carbocycles. The molecule has 0 radical (unpaired) electrons. The molecule has 4 N–H and O–H groups in total. The molecule has 2 aromatic rings. The Morgan fingerprint density at radius 1 is 1.33 bits per heavy atom. The van der Waals surface area contributed by atoms with Crippen molar-refractivity contribution in [3.8, 4) is 11.5 Å². The van der Waals surface area contributed by atoms with Crippen LogP contribution in [0.15, 0.2) is 47.7 Å². The van der Waals surface area contributed by atoms with Crippen molar-refractivity contribution in [1.29, 1.82) is 0 Å². The number of nitro benzene ring substituents is 1. The molecule has 1 aliphatic rings. The third-order valence-electron chi connectivity index (χ3n) is 4.42. The van der Waals surface area contributed by atoms with Crippen molar-refractivity contribution in [3.63, 3.8) is 0 Å². The number of benzene rings is 2. The van der Waals surface area contributed by atoms with E-state index in [1.165, 1.54) is 20.1 Å². The Balaban J connectivity index is 2.07. The van der Waals surface area contributed by atoms with Crippen molar-refractivity contribution in [2.24, 2.45) is 0 Å². The van der Waals surface area contributed by atoms with Crippen molar-refractivity contribution >= 4 is 34.9 Å². The number of methoxy groups -OCH3 is 1. The molecule has 0 bridgehead atoms. The van der Waals surface area contributed by atoms with Crippen molar-refractivity contribution in [2.75, 3.05) is 12.4 Å². The summed E-state index contributed by atoms with van der Waals surface area (Å²) in [4.78, 5) is 35.6. The number of urea groups is 1. The molecule has 0 saturated heterocycles. The number of nitro groups is 1. The largest absolute Gasteiger partial charge is 0.500 e. The van der Waals surface area contributed by atoms with Gasteiger partial charge < -0.3 is 25.8 Å². The summed E-state index contributed by atoms with van der Waals surface area (Å²) >= 11 is 5.95. The molecule has 10 nitrogen and oxygen atoms in total. The summed E-state index contributed by atoms with van der Waals surface area (Å²) in [7, 11) is 1.23. The fraction of sp³-hybridized carbons (Fsp3) is 0.158. The molecule has 156 valence electrons. The minimum atomic E-state index is -1.04. The van der Waals surface area contributed by atoms with Gasteiger partial charge in [-0.05, 0) is 36.8 Å². The number of halogens is 1. The molecule has 30 heavy (non-hydrogen) atoms. The normalized spacial score (nSPS) is 15.8. The number of ether oxygens (including phenoxy) is 1. The average molecular weight is 433 g/mol. The SMILES string of the molecule is COc1cc(C2NC(=O)NC(C)=C2C(=O)Nc2cccc(Cl)c2)cc([N+](=O)[O-])c1O. The van der Waals surface area contributed by atoms with Crippen molar-refractivity contribution < 1.29 is 24.4 Å². The third-order valence-corrected chi connectivity index (χ3v) is 4.66. The van der Waals surface area contributed by atoms with Gasteiger partial charge in [0.25, 0.3) is 5.91 Å². The number of nitrogens with zero attached hydrogens (tertiary/aromatic N) is 1. The first-order valence-electron chi connectivity index (χ1n) is 8.61. The van der Waals surface area contributed by atoms with Crippen LogP contribution in [0, 0.1) is 10.1 Å². The van der Waals surface area contributed by atoms with E-state index in [1.54, 1.807) is 24.3 Å². The van der Waals surface area contributed by atoms with Gasteiger partial charge in [0, 0.05) is 22.5 Å². The first-order valence-corrected chi connectivity index (χ1v) is 8.99. The van der Waals surface area contributed by atoms with E-state index in [-0.39, 0.29) is 22.6 Å². The van der Waals surface area contributed by atoms with Gasteiger partial charge in [0.15, 0.2) is 5.75 Å². The summed E-state index contributed by atoms with van der Waals surface area (Å²) < 4.78 is 5.01. The average Bonchev–Trinajstić information content (AvgIpc) is 2.67. The molecule has 0 aromatic heterocycles. The molecule has 3 amide bonds. The summed E-state index contributed by atoms with van der Waals surface area (Å²) in [5.74, 6) is -1.38. The van der Waals surface area contributed by atoms with Crippen LogP contribution >= 0.6 is 11.6 Å². The highest BCUT2D eigenvalue weighted by Crippen LogP contribution is 2.40.